The highest BCUT2D eigenvalue weighted by atomic mass is 19.2. The molecule has 0 unspecified atom stereocenters. The Morgan fingerprint density at radius 2 is 0.818 bits per heavy atom. The molecule has 0 heterocycles. The summed E-state index contributed by atoms with van der Waals surface area (Å²) in [6.07, 6.45) is 0. The van der Waals surface area contributed by atoms with E-state index in [0.717, 1.165) is 0 Å². The molecule has 0 saturated carbocycles. The molecule has 0 aliphatic rings. The average molecular weight is 324 g/mol. The summed E-state index contributed by atoms with van der Waals surface area (Å²) in [7, 11) is 0. The maximum absolute atomic E-state index is 13.7. The second-order valence-corrected chi connectivity index (χ2v) is 3.99. The zero-order valence-electron chi connectivity index (χ0n) is 9.98. The molecule has 116 valence electrons. The van der Waals surface area contributed by atoms with Crippen LogP contribution in [0.15, 0.2) is 0 Å². The van der Waals surface area contributed by atoms with E-state index in [2.05, 4.69) is 0 Å². The highest BCUT2D eigenvalue weighted by molar-refractivity contribution is 6.11. The summed E-state index contributed by atoms with van der Waals surface area (Å²) in [6, 6.07) is 0. The van der Waals surface area contributed by atoms with E-state index >= 15 is 0 Å². The molecule has 2 N–H and O–H groups in total. The van der Waals surface area contributed by atoms with Crippen LogP contribution in [0, 0.1) is 34.9 Å². The summed E-state index contributed by atoms with van der Waals surface area (Å²) >= 11 is 0. The minimum Gasteiger partial charge on any atom is -0.478 e. The number of hydrogen-bond donors (Lipinski definition) is 2. The SMILES string of the molecule is O=C(O)c1c(F)c(F)c(C(=O)O)c2c(F)c(F)c(F)c(F)c12. The van der Waals surface area contributed by atoms with Gasteiger partial charge in [0.1, 0.15) is 11.1 Å². The zero-order valence-corrected chi connectivity index (χ0v) is 9.98. The third-order valence-corrected chi connectivity index (χ3v) is 2.83. The third-order valence-electron chi connectivity index (χ3n) is 2.83. The van der Waals surface area contributed by atoms with Crippen LogP contribution in [-0.4, -0.2) is 22.2 Å². The average Bonchev–Trinajstić information content (AvgIpc) is 2.43. The lowest BCUT2D eigenvalue weighted by atomic mass is 9.96. The fourth-order valence-corrected chi connectivity index (χ4v) is 1.94. The summed E-state index contributed by atoms with van der Waals surface area (Å²) in [5, 5.41) is 14.0. The first kappa shape index (κ1) is 15.6. The van der Waals surface area contributed by atoms with Crippen LogP contribution in [0.2, 0.25) is 0 Å². The van der Waals surface area contributed by atoms with Crippen LogP contribution in [0.25, 0.3) is 10.8 Å². The molecule has 22 heavy (non-hydrogen) atoms. The molecule has 2 rings (SSSR count). The van der Waals surface area contributed by atoms with Crippen molar-refractivity contribution in [3.63, 3.8) is 0 Å². The van der Waals surface area contributed by atoms with Crippen molar-refractivity contribution in [2.75, 3.05) is 0 Å². The Hall–Kier alpha value is -2.78. The van der Waals surface area contributed by atoms with Crippen molar-refractivity contribution >= 4 is 22.7 Å². The van der Waals surface area contributed by atoms with Gasteiger partial charge in [-0.1, -0.05) is 0 Å². The molecule has 0 radical (unpaired) electrons. The fraction of sp³-hybridized carbons (Fsp3) is 0. The molecule has 0 atom stereocenters. The van der Waals surface area contributed by atoms with Crippen molar-refractivity contribution in [3.05, 3.63) is 46.0 Å². The Bertz CT molecular complexity index is 791. The molecular formula is C12H2F6O4. The molecule has 0 amide bonds. The second-order valence-electron chi connectivity index (χ2n) is 3.99. The van der Waals surface area contributed by atoms with E-state index in [1.165, 1.54) is 0 Å². The number of hydrogen-bond acceptors (Lipinski definition) is 2. The molecule has 4 nitrogen and oxygen atoms in total. The predicted molar refractivity (Wildman–Crippen MR) is 57.6 cm³/mol. The van der Waals surface area contributed by atoms with Crippen LogP contribution < -0.4 is 0 Å². The highest BCUT2D eigenvalue weighted by Crippen LogP contribution is 2.35. The van der Waals surface area contributed by atoms with Gasteiger partial charge in [-0.2, -0.15) is 0 Å². The highest BCUT2D eigenvalue weighted by Gasteiger charge is 2.34. The van der Waals surface area contributed by atoms with Crippen LogP contribution in [0.3, 0.4) is 0 Å². The molecule has 0 spiro atoms. The topological polar surface area (TPSA) is 74.6 Å². The monoisotopic (exact) mass is 324 g/mol. The summed E-state index contributed by atoms with van der Waals surface area (Å²) in [6.45, 7) is 0. The minimum absolute atomic E-state index is 1.72. The van der Waals surface area contributed by atoms with E-state index in [9.17, 15) is 35.9 Å². The predicted octanol–water partition coefficient (Wildman–Crippen LogP) is 3.07. The Balaban J connectivity index is 3.33. The van der Waals surface area contributed by atoms with Gasteiger partial charge in [0.2, 0.25) is 0 Å². The standard InChI is InChI=1S/C12H2F6O4/c13-5-1-2(6(14)10(18)9(5)17)4(12(21)22)8(16)7(15)3(1)11(19)20/h(H,19,20)(H,21,22). The summed E-state index contributed by atoms with van der Waals surface area (Å²) < 4.78 is 81.0. The Morgan fingerprint density at radius 1 is 0.545 bits per heavy atom. The molecule has 0 bridgehead atoms. The first-order chi connectivity index (χ1) is 10.1. The number of rotatable bonds is 2. The molecule has 0 saturated heterocycles. The molecule has 0 aromatic heterocycles. The number of carboxylic acid groups (broad SMARTS) is 2. The van der Waals surface area contributed by atoms with Crippen molar-refractivity contribution in [1.29, 1.82) is 0 Å². The van der Waals surface area contributed by atoms with Gasteiger partial charge in [-0.05, 0) is 0 Å². The quantitative estimate of drug-likeness (QED) is 0.506. The smallest absolute Gasteiger partial charge is 0.339 e. The van der Waals surface area contributed by atoms with Crippen molar-refractivity contribution in [3.8, 4) is 0 Å². The van der Waals surface area contributed by atoms with E-state index < -0.39 is 68.7 Å². The molecule has 0 aliphatic heterocycles. The van der Waals surface area contributed by atoms with Crippen LogP contribution in [0.4, 0.5) is 26.3 Å². The van der Waals surface area contributed by atoms with Gasteiger partial charge in [0, 0.05) is 10.8 Å². The lowest BCUT2D eigenvalue weighted by molar-refractivity contribution is 0.0673. The molecule has 2 aromatic rings. The molecule has 0 aliphatic carbocycles. The second kappa shape index (κ2) is 4.90. The maximum Gasteiger partial charge on any atom is 0.339 e. The largest absolute Gasteiger partial charge is 0.478 e. The summed E-state index contributed by atoms with van der Waals surface area (Å²) in [5.41, 5.74) is -3.71. The normalized spacial score (nSPS) is 11.0. The minimum atomic E-state index is -2.49. The summed E-state index contributed by atoms with van der Waals surface area (Å²) in [5.74, 6) is -19.0. The first-order valence-corrected chi connectivity index (χ1v) is 5.24. The van der Waals surface area contributed by atoms with Crippen LogP contribution >= 0.6 is 0 Å². The lowest BCUT2D eigenvalue weighted by Gasteiger charge is -2.12. The van der Waals surface area contributed by atoms with Gasteiger partial charge >= 0.3 is 11.9 Å². The van der Waals surface area contributed by atoms with E-state index in [0.29, 0.717) is 0 Å². The van der Waals surface area contributed by atoms with Crippen molar-refractivity contribution < 1.29 is 46.1 Å². The van der Waals surface area contributed by atoms with Crippen LogP contribution in [0.5, 0.6) is 0 Å². The number of carbonyl (C=O) groups is 2. The number of halogens is 6. The van der Waals surface area contributed by atoms with Gasteiger partial charge in [0.15, 0.2) is 34.9 Å². The van der Waals surface area contributed by atoms with E-state index in [4.69, 9.17) is 10.2 Å². The fourth-order valence-electron chi connectivity index (χ4n) is 1.94. The van der Waals surface area contributed by atoms with Gasteiger partial charge in [-0.3, -0.25) is 0 Å². The molecule has 10 heteroatoms. The van der Waals surface area contributed by atoms with E-state index in [-0.39, 0.29) is 0 Å². The number of fused-ring (bicyclic) bond motifs is 1. The Labute approximate surface area is 116 Å². The van der Waals surface area contributed by atoms with Crippen LogP contribution in [0.1, 0.15) is 20.7 Å². The van der Waals surface area contributed by atoms with E-state index in [1.807, 2.05) is 0 Å². The van der Waals surface area contributed by atoms with Gasteiger partial charge in [-0.15, -0.1) is 0 Å². The van der Waals surface area contributed by atoms with E-state index in [1.54, 1.807) is 0 Å². The molecule has 2 aromatic carbocycles. The molecular weight excluding hydrogens is 322 g/mol. The summed E-state index contributed by atoms with van der Waals surface area (Å²) in [4.78, 5) is 21.7. The van der Waals surface area contributed by atoms with Crippen molar-refractivity contribution in [2.45, 2.75) is 0 Å². The van der Waals surface area contributed by atoms with Gasteiger partial charge in [0.05, 0.1) is 0 Å². The Morgan fingerprint density at radius 3 is 1.05 bits per heavy atom. The molecule has 0 fully saturated rings. The van der Waals surface area contributed by atoms with Gasteiger partial charge in [0.25, 0.3) is 0 Å². The first-order valence-electron chi connectivity index (χ1n) is 5.24. The van der Waals surface area contributed by atoms with Crippen molar-refractivity contribution in [2.24, 2.45) is 0 Å². The Kier molecular flexibility index (Phi) is 3.47. The van der Waals surface area contributed by atoms with Gasteiger partial charge < -0.3 is 10.2 Å². The van der Waals surface area contributed by atoms with Gasteiger partial charge in [-0.25, -0.2) is 35.9 Å². The third kappa shape index (κ3) is 1.87. The zero-order chi connectivity index (χ0) is 16.9. The van der Waals surface area contributed by atoms with Crippen LogP contribution in [-0.2, 0) is 0 Å². The maximum atomic E-state index is 13.7. The number of aromatic carboxylic acids is 2. The number of benzene rings is 2. The van der Waals surface area contributed by atoms with Crippen molar-refractivity contribution in [1.82, 2.24) is 0 Å². The lowest BCUT2D eigenvalue weighted by Crippen LogP contribution is -2.15. The number of carboxylic acids is 2.